The molecule has 0 aromatic heterocycles. The monoisotopic (exact) mass is 331 g/mol. The van der Waals surface area contributed by atoms with Crippen LogP contribution in [0, 0.1) is 17.6 Å². The van der Waals surface area contributed by atoms with Crippen molar-refractivity contribution in [2.24, 2.45) is 5.92 Å². The molecule has 0 bridgehead atoms. The lowest BCUT2D eigenvalue weighted by molar-refractivity contribution is -0.132. The Balaban J connectivity index is 2.04. The van der Waals surface area contributed by atoms with Crippen LogP contribution in [0.4, 0.5) is 8.78 Å². The Hall–Kier alpha value is -1.50. The SMILES string of the molecule is CCN(Cc1c(F)cccc1F)C(=O)C[C@H]1CCS(=O)(=O)C1. The Kier molecular flexibility index (Phi) is 5.16. The van der Waals surface area contributed by atoms with E-state index in [1.165, 1.54) is 11.0 Å². The molecule has 122 valence electrons. The van der Waals surface area contributed by atoms with Gasteiger partial charge in [0.2, 0.25) is 5.91 Å². The summed E-state index contributed by atoms with van der Waals surface area (Å²) in [5.74, 6) is -1.71. The molecule has 1 atom stereocenters. The van der Waals surface area contributed by atoms with Gasteiger partial charge in [-0.05, 0) is 31.4 Å². The molecule has 0 spiro atoms. The Bertz CT molecular complexity index is 641. The molecule has 1 aliphatic heterocycles. The highest BCUT2D eigenvalue weighted by Gasteiger charge is 2.30. The minimum Gasteiger partial charge on any atom is -0.338 e. The Morgan fingerprint density at radius 1 is 1.32 bits per heavy atom. The van der Waals surface area contributed by atoms with Crippen molar-refractivity contribution in [3.63, 3.8) is 0 Å². The van der Waals surface area contributed by atoms with Gasteiger partial charge in [0.15, 0.2) is 9.84 Å². The number of rotatable bonds is 5. The molecule has 1 aromatic rings. The van der Waals surface area contributed by atoms with Crippen LogP contribution in [0.2, 0.25) is 0 Å². The first-order valence-corrected chi connectivity index (χ1v) is 9.05. The predicted octanol–water partition coefficient (Wildman–Crippen LogP) is 2.14. The van der Waals surface area contributed by atoms with Gasteiger partial charge >= 0.3 is 0 Å². The highest BCUT2D eigenvalue weighted by molar-refractivity contribution is 7.91. The van der Waals surface area contributed by atoms with Crippen molar-refractivity contribution in [1.82, 2.24) is 4.90 Å². The van der Waals surface area contributed by atoms with Crippen molar-refractivity contribution in [3.8, 4) is 0 Å². The highest BCUT2D eigenvalue weighted by atomic mass is 32.2. The van der Waals surface area contributed by atoms with Crippen molar-refractivity contribution in [2.75, 3.05) is 18.1 Å². The molecule has 22 heavy (non-hydrogen) atoms. The van der Waals surface area contributed by atoms with E-state index < -0.39 is 21.5 Å². The van der Waals surface area contributed by atoms with Crippen molar-refractivity contribution < 1.29 is 22.0 Å². The van der Waals surface area contributed by atoms with Crippen LogP contribution in [0.1, 0.15) is 25.3 Å². The zero-order valence-electron chi connectivity index (χ0n) is 12.4. The van der Waals surface area contributed by atoms with E-state index in [9.17, 15) is 22.0 Å². The third-order valence-corrected chi connectivity index (χ3v) is 5.77. The van der Waals surface area contributed by atoms with Crippen LogP contribution in [0.5, 0.6) is 0 Å². The maximum absolute atomic E-state index is 13.7. The summed E-state index contributed by atoms with van der Waals surface area (Å²) < 4.78 is 50.2. The van der Waals surface area contributed by atoms with Gasteiger partial charge in [0.05, 0.1) is 18.1 Å². The number of carbonyl (C=O) groups is 1. The van der Waals surface area contributed by atoms with E-state index in [-0.39, 0.29) is 41.9 Å². The van der Waals surface area contributed by atoms with E-state index in [1.807, 2.05) is 0 Å². The largest absolute Gasteiger partial charge is 0.338 e. The lowest BCUT2D eigenvalue weighted by Gasteiger charge is -2.23. The van der Waals surface area contributed by atoms with E-state index in [4.69, 9.17) is 0 Å². The minimum atomic E-state index is -3.04. The quantitative estimate of drug-likeness (QED) is 0.831. The molecule has 1 aliphatic rings. The molecule has 1 heterocycles. The van der Waals surface area contributed by atoms with Crippen molar-refractivity contribution in [1.29, 1.82) is 0 Å². The maximum Gasteiger partial charge on any atom is 0.223 e. The maximum atomic E-state index is 13.7. The van der Waals surface area contributed by atoms with Gasteiger partial charge < -0.3 is 4.90 Å². The third kappa shape index (κ3) is 4.03. The van der Waals surface area contributed by atoms with E-state index in [2.05, 4.69) is 0 Å². The molecule has 0 unspecified atom stereocenters. The van der Waals surface area contributed by atoms with Crippen molar-refractivity contribution >= 4 is 15.7 Å². The number of hydrogen-bond acceptors (Lipinski definition) is 3. The molecule has 1 aromatic carbocycles. The molecular weight excluding hydrogens is 312 g/mol. The normalized spacial score (nSPS) is 20.0. The average Bonchev–Trinajstić information content (AvgIpc) is 2.77. The summed E-state index contributed by atoms with van der Waals surface area (Å²) in [6.45, 7) is 1.89. The second-order valence-electron chi connectivity index (χ2n) is 5.58. The van der Waals surface area contributed by atoms with E-state index in [0.29, 0.717) is 13.0 Å². The van der Waals surface area contributed by atoms with Gasteiger partial charge in [0.1, 0.15) is 11.6 Å². The number of amides is 1. The number of carbonyl (C=O) groups excluding carboxylic acids is 1. The summed E-state index contributed by atoms with van der Waals surface area (Å²) in [7, 11) is -3.04. The van der Waals surface area contributed by atoms with Crippen molar-refractivity contribution in [2.45, 2.75) is 26.3 Å². The van der Waals surface area contributed by atoms with Crippen LogP contribution in [0.25, 0.3) is 0 Å². The second-order valence-corrected chi connectivity index (χ2v) is 7.81. The van der Waals surface area contributed by atoms with Gasteiger partial charge in [-0.15, -0.1) is 0 Å². The molecule has 7 heteroatoms. The van der Waals surface area contributed by atoms with Gasteiger partial charge in [-0.3, -0.25) is 4.79 Å². The standard InChI is InChI=1S/C15H19F2NO3S/c1-2-18(9-12-13(16)4-3-5-14(12)17)15(19)8-11-6-7-22(20,21)10-11/h3-5,11H,2,6-10H2,1H3/t11-/m1/s1. The predicted molar refractivity (Wildman–Crippen MR) is 78.8 cm³/mol. The third-order valence-electron chi connectivity index (χ3n) is 3.94. The van der Waals surface area contributed by atoms with Crippen LogP contribution in [-0.2, 0) is 21.2 Å². The zero-order valence-corrected chi connectivity index (χ0v) is 13.2. The summed E-state index contributed by atoms with van der Waals surface area (Å²) in [6.07, 6.45) is 0.572. The molecule has 1 fully saturated rings. The Morgan fingerprint density at radius 2 is 1.95 bits per heavy atom. The molecule has 1 saturated heterocycles. The minimum absolute atomic E-state index is 0.0182. The fraction of sp³-hybridized carbons (Fsp3) is 0.533. The van der Waals surface area contributed by atoms with Crippen LogP contribution in [-0.4, -0.2) is 37.3 Å². The van der Waals surface area contributed by atoms with Gasteiger partial charge in [-0.25, -0.2) is 17.2 Å². The van der Waals surface area contributed by atoms with E-state index >= 15 is 0 Å². The molecule has 0 radical (unpaired) electrons. The fourth-order valence-corrected chi connectivity index (χ4v) is 4.52. The number of halogens is 2. The fourth-order valence-electron chi connectivity index (χ4n) is 2.66. The van der Waals surface area contributed by atoms with Crippen molar-refractivity contribution in [3.05, 3.63) is 35.4 Å². The number of benzene rings is 1. The van der Waals surface area contributed by atoms with Gasteiger partial charge in [-0.2, -0.15) is 0 Å². The Morgan fingerprint density at radius 3 is 2.45 bits per heavy atom. The first-order chi connectivity index (χ1) is 10.3. The summed E-state index contributed by atoms with van der Waals surface area (Å²) >= 11 is 0. The summed E-state index contributed by atoms with van der Waals surface area (Å²) in [5, 5.41) is 0. The lowest BCUT2D eigenvalue weighted by atomic mass is 10.0. The molecule has 0 aliphatic carbocycles. The summed E-state index contributed by atoms with van der Waals surface area (Å²) in [4.78, 5) is 13.6. The van der Waals surface area contributed by atoms with E-state index in [1.54, 1.807) is 6.92 Å². The smallest absolute Gasteiger partial charge is 0.223 e. The molecule has 0 saturated carbocycles. The van der Waals surface area contributed by atoms with Gasteiger partial charge in [0.25, 0.3) is 0 Å². The topological polar surface area (TPSA) is 54.5 Å². The average molecular weight is 331 g/mol. The van der Waals surface area contributed by atoms with E-state index in [0.717, 1.165) is 12.1 Å². The molecule has 1 amide bonds. The first-order valence-electron chi connectivity index (χ1n) is 7.23. The van der Waals surface area contributed by atoms with Crippen LogP contribution in [0.3, 0.4) is 0 Å². The number of sulfone groups is 1. The zero-order chi connectivity index (χ0) is 16.3. The molecule has 2 rings (SSSR count). The first kappa shape index (κ1) is 16.9. The molecule has 0 N–H and O–H groups in total. The number of nitrogens with zero attached hydrogens (tertiary/aromatic N) is 1. The van der Waals surface area contributed by atoms with Crippen LogP contribution >= 0.6 is 0 Å². The lowest BCUT2D eigenvalue weighted by Crippen LogP contribution is -2.32. The number of hydrogen-bond donors (Lipinski definition) is 0. The summed E-state index contributed by atoms with van der Waals surface area (Å²) in [6, 6.07) is 3.58. The second kappa shape index (κ2) is 6.73. The Labute approximate surface area is 129 Å². The van der Waals surface area contributed by atoms with Gasteiger partial charge in [-0.1, -0.05) is 6.07 Å². The molecule has 4 nitrogen and oxygen atoms in total. The molecular formula is C15H19F2NO3S. The van der Waals surface area contributed by atoms with Crippen LogP contribution < -0.4 is 0 Å². The highest BCUT2D eigenvalue weighted by Crippen LogP contribution is 2.23. The summed E-state index contributed by atoms with van der Waals surface area (Å²) in [5.41, 5.74) is -0.142. The van der Waals surface area contributed by atoms with Crippen LogP contribution in [0.15, 0.2) is 18.2 Å². The van der Waals surface area contributed by atoms with Gasteiger partial charge in [0, 0.05) is 18.5 Å².